The van der Waals surface area contributed by atoms with E-state index in [0.717, 1.165) is 26.1 Å². The molecular formula is C36H39FN8O3. The maximum absolute atomic E-state index is 15.6. The number of nitriles is 1. The molecule has 48 heavy (non-hydrogen) atoms. The number of carbonyl (C=O) groups excluding carboxylic acids is 1. The molecule has 248 valence electrons. The molecule has 7 rings (SSSR count). The fourth-order valence-electron chi connectivity index (χ4n) is 7.03. The third kappa shape index (κ3) is 6.23. The lowest BCUT2D eigenvalue weighted by atomic mass is 9.93. The number of nitrogens with zero attached hydrogens (tertiary/aromatic N) is 7. The van der Waals surface area contributed by atoms with E-state index in [1.807, 2.05) is 18.2 Å². The number of rotatable bonds is 11. The Kier molecular flexibility index (Phi) is 8.58. The van der Waals surface area contributed by atoms with Crippen LogP contribution in [0, 0.1) is 17.1 Å². The Hall–Kier alpha value is -4.86. The van der Waals surface area contributed by atoms with Gasteiger partial charge in [-0.25, -0.2) is 19.0 Å². The Morgan fingerprint density at radius 2 is 1.94 bits per heavy atom. The topological polar surface area (TPSA) is 135 Å². The van der Waals surface area contributed by atoms with E-state index in [-0.39, 0.29) is 34.4 Å². The molecule has 12 heteroatoms. The first-order valence-corrected chi connectivity index (χ1v) is 16.5. The van der Waals surface area contributed by atoms with Gasteiger partial charge in [0.1, 0.15) is 46.8 Å². The van der Waals surface area contributed by atoms with Crippen LogP contribution in [0.1, 0.15) is 46.0 Å². The van der Waals surface area contributed by atoms with Crippen LogP contribution in [-0.2, 0) is 16.1 Å². The second-order valence-corrected chi connectivity index (χ2v) is 13.4. The molecular weight excluding hydrogens is 611 g/mol. The van der Waals surface area contributed by atoms with Crippen molar-refractivity contribution >= 4 is 22.8 Å². The molecule has 11 nitrogen and oxygen atoms in total. The van der Waals surface area contributed by atoms with Gasteiger partial charge in [0.25, 0.3) is 5.91 Å². The third-order valence-electron chi connectivity index (χ3n) is 9.56. The van der Waals surface area contributed by atoms with E-state index in [1.54, 1.807) is 39.9 Å². The Labute approximate surface area is 278 Å². The minimum atomic E-state index is -0.535. The number of aromatic nitrogens is 4. The summed E-state index contributed by atoms with van der Waals surface area (Å²) in [7, 11) is 0. The van der Waals surface area contributed by atoms with Crippen molar-refractivity contribution in [2.75, 3.05) is 25.5 Å². The van der Waals surface area contributed by atoms with Gasteiger partial charge in [-0.3, -0.25) is 9.69 Å². The van der Waals surface area contributed by atoms with Crippen LogP contribution >= 0.6 is 0 Å². The number of nitrogen functional groups attached to an aromatic ring is 1. The molecule has 4 heterocycles. The van der Waals surface area contributed by atoms with Crippen LogP contribution in [0.4, 0.5) is 10.2 Å². The summed E-state index contributed by atoms with van der Waals surface area (Å²) in [5.74, 6) is 0.294. The molecule has 0 bridgehead atoms. The van der Waals surface area contributed by atoms with Crippen molar-refractivity contribution in [3.63, 3.8) is 0 Å². The first kappa shape index (κ1) is 31.7. The van der Waals surface area contributed by atoms with Crippen molar-refractivity contribution in [1.82, 2.24) is 29.5 Å². The standard InChI is InChI=1S/C36H39FN8O3/c1-36(2,45(24-10-11-24)26-20-47-21-26)15-14-23(18-38)35(46)43-16-6-7-25(43)19-44-34-31(33(39)40-22-41-34)32(42-44)29-13-12-28(17-30(29)37)48-27-8-4-3-5-9-27/h3-5,8-9,12-14,17,22,24-26H,6-7,10-11,15-16,19-21H2,1-2H3,(H2,39,40,41)/b23-14+/t25-/m0/s1. The van der Waals surface area contributed by atoms with Crippen LogP contribution in [0.5, 0.6) is 11.5 Å². The molecule has 1 amide bonds. The minimum Gasteiger partial charge on any atom is -0.457 e. The van der Waals surface area contributed by atoms with E-state index >= 15 is 4.39 Å². The number of likely N-dealkylation sites (tertiary alicyclic amines) is 1. The van der Waals surface area contributed by atoms with E-state index in [2.05, 4.69) is 34.8 Å². The molecule has 0 radical (unpaired) electrons. The monoisotopic (exact) mass is 650 g/mol. The van der Waals surface area contributed by atoms with Crippen molar-refractivity contribution in [1.29, 1.82) is 5.26 Å². The van der Waals surface area contributed by atoms with Gasteiger partial charge in [-0.1, -0.05) is 24.3 Å². The highest BCUT2D eigenvalue weighted by Crippen LogP contribution is 2.39. The molecule has 1 aliphatic carbocycles. The average Bonchev–Trinajstić information content (AvgIpc) is 3.66. The zero-order valence-corrected chi connectivity index (χ0v) is 27.2. The van der Waals surface area contributed by atoms with Crippen LogP contribution in [-0.4, -0.2) is 78.9 Å². The fourth-order valence-corrected chi connectivity index (χ4v) is 7.03. The summed E-state index contributed by atoms with van der Waals surface area (Å²) < 4.78 is 28.6. The Bertz CT molecular complexity index is 1890. The van der Waals surface area contributed by atoms with Crippen LogP contribution < -0.4 is 10.5 Å². The van der Waals surface area contributed by atoms with Crippen LogP contribution in [0.2, 0.25) is 0 Å². The van der Waals surface area contributed by atoms with Gasteiger partial charge in [-0.2, -0.15) is 10.4 Å². The second-order valence-electron chi connectivity index (χ2n) is 13.4. The number of carbonyl (C=O) groups is 1. The molecule has 1 saturated carbocycles. The van der Waals surface area contributed by atoms with E-state index in [0.29, 0.717) is 59.8 Å². The van der Waals surface area contributed by atoms with Crippen molar-refractivity contribution in [3.05, 3.63) is 72.3 Å². The number of ether oxygens (including phenoxy) is 2. The zero-order valence-electron chi connectivity index (χ0n) is 27.2. The van der Waals surface area contributed by atoms with Crippen molar-refractivity contribution in [3.8, 4) is 28.8 Å². The highest BCUT2D eigenvalue weighted by molar-refractivity contribution is 5.99. The lowest BCUT2D eigenvalue weighted by molar-refractivity contribution is -0.127. The predicted molar refractivity (Wildman–Crippen MR) is 178 cm³/mol. The largest absolute Gasteiger partial charge is 0.457 e. The molecule has 0 spiro atoms. The van der Waals surface area contributed by atoms with Crippen molar-refractivity contribution < 1.29 is 18.7 Å². The molecule has 2 aromatic carbocycles. The predicted octanol–water partition coefficient (Wildman–Crippen LogP) is 5.48. The van der Waals surface area contributed by atoms with E-state index < -0.39 is 5.82 Å². The van der Waals surface area contributed by atoms with Gasteiger partial charge in [0.2, 0.25) is 0 Å². The first-order valence-electron chi connectivity index (χ1n) is 16.5. The Balaban J connectivity index is 1.12. The summed E-state index contributed by atoms with van der Waals surface area (Å²) in [6.07, 6.45) is 7.59. The summed E-state index contributed by atoms with van der Waals surface area (Å²) in [6.45, 7) is 6.64. The van der Waals surface area contributed by atoms with Gasteiger partial charge >= 0.3 is 0 Å². The number of anilines is 1. The summed E-state index contributed by atoms with van der Waals surface area (Å²) in [6, 6.07) is 16.6. The van der Waals surface area contributed by atoms with Gasteiger partial charge in [-0.15, -0.1) is 0 Å². The lowest BCUT2D eigenvalue weighted by Gasteiger charge is -2.47. The zero-order chi connectivity index (χ0) is 33.4. The van der Waals surface area contributed by atoms with Crippen molar-refractivity contribution in [2.24, 2.45) is 0 Å². The molecule has 4 aromatic rings. The number of halogens is 1. The van der Waals surface area contributed by atoms with Gasteiger partial charge in [0.05, 0.1) is 37.2 Å². The summed E-state index contributed by atoms with van der Waals surface area (Å²) in [5.41, 5.74) is 7.21. The highest BCUT2D eigenvalue weighted by Gasteiger charge is 2.44. The van der Waals surface area contributed by atoms with E-state index in [1.165, 1.54) is 25.2 Å². The van der Waals surface area contributed by atoms with Gasteiger partial charge in [-0.05, 0) is 70.2 Å². The summed E-state index contributed by atoms with van der Waals surface area (Å²) >= 11 is 0. The molecule has 3 aliphatic rings. The minimum absolute atomic E-state index is 0.146. The lowest BCUT2D eigenvalue weighted by Crippen LogP contribution is -2.58. The van der Waals surface area contributed by atoms with Crippen LogP contribution in [0.15, 0.2) is 66.5 Å². The number of amides is 1. The SMILES string of the molecule is CC(C)(C/C=C(\C#N)C(=O)N1CCC[C@H]1Cn1nc(-c2ccc(Oc3ccccc3)cc2F)c2c(N)ncnc21)N(C1CC1)C1COC1. The van der Waals surface area contributed by atoms with Gasteiger partial charge < -0.3 is 20.1 Å². The third-order valence-corrected chi connectivity index (χ3v) is 9.56. The average molecular weight is 651 g/mol. The van der Waals surface area contributed by atoms with E-state index in [4.69, 9.17) is 20.3 Å². The fraction of sp³-hybridized carbons (Fsp3) is 0.417. The summed E-state index contributed by atoms with van der Waals surface area (Å²) in [5, 5.41) is 15.3. The number of benzene rings is 2. The maximum atomic E-state index is 15.6. The molecule has 2 N–H and O–H groups in total. The molecule has 0 unspecified atom stereocenters. The first-order chi connectivity index (χ1) is 23.2. The number of para-hydroxylation sites is 1. The number of fused-ring (bicyclic) bond motifs is 1. The smallest absolute Gasteiger partial charge is 0.264 e. The van der Waals surface area contributed by atoms with Crippen LogP contribution in [0.25, 0.3) is 22.3 Å². The Morgan fingerprint density at radius 3 is 2.62 bits per heavy atom. The molecule has 2 aliphatic heterocycles. The number of hydrogen-bond acceptors (Lipinski definition) is 9. The Morgan fingerprint density at radius 1 is 1.15 bits per heavy atom. The van der Waals surface area contributed by atoms with Gasteiger partial charge in [0, 0.05) is 29.8 Å². The quantitative estimate of drug-likeness (QED) is 0.165. The molecule has 3 fully saturated rings. The highest BCUT2D eigenvalue weighted by atomic mass is 19.1. The summed E-state index contributed by atoms with van der Waals surface area (Å²) in [4.78, 5) is 26.7. The number of hydrogen-bond donors (Lipinski definition) is 1. The second kappa shape index (κ2) is 13.0. The molecule has 1 atom stereocenters. The molecule has 2 saturated heterocycles. The number of nitrogens with two attached hydrogens (primary N) is 1. The van der Waals surface area contributed by atoms with Gasteiger partial charge in [0.15, 0.2) is 5.65 Å². The van der Waals surface area contributed by atoms with Crippen LogP contribution in [0.3, 0.4) is 0 Å². The maximum Gasteiger partial charge on any atom is 0.264 e. The van der Waals surface area contributed by atoms with E-state index in [9.17, 15) is 10.1 Å². The van der Waals surface area contributed by atoms with Crippen molar-refractivity contribution in [2.45, 2.75) is 76.2 Å². The normalized spacial score (nSPS) is 18.7. The molecule has 2 aromatic heterocycles.